The maximum atomic E-state index is 13.3. The van der Waals surface area contributed by atoms with Crippen LogP contribution in [0.25, 0.3) is 0 Å². The fraction of sp³-hybridized carbons (Fsp3) is 0.571. The van der Waals surface area contributed by atoms with Crippen molar-refractivity contribution in [3.05, 3.63) is 24.0 Å². The van der Waals surface area contributed by atoms with Crippen LogP contribution in [0.15, 0.2) is 18.2 Å². The molecule has 2 atom stereocenters. The van der Waals surface area contributed by atoms with Crippen LogP contribution in [0.4, 0.5) is 10.1 Å². The van der Waals surface area contributed by atoms with Crippen LogP contribution >= 0.6 is 0 Å². The smallest absolute Gasteiger partial charge is 0.165 e. The first kappa shape index (κ1) is 15.1. The Kier molecular flexibility index (Phi) is 4.52. The van der Waals surface area contributed by atoms with Crippen LogP contribution in [0.1, 0.15) is 25.7 Å². The van der Waals surface area contributed by atoms with Gasteiger partial charge in [0, 0.05) is 24.1 Å². The zero-order valence-electron chi connectivity index (χ0n) is 11.7. The first-order valence-corrected chi connectivity index (χ1v) is 8.64. The molecule has 0 saturated heterocycles. The van der Waals surface area contributed by atoms with Gasteiger partial charge >= 0.3 is 0 Å². The summed E-state index contributed by atoms with van der Waals surface area (Å²) in [6, 6.07) is 4.68. The zero-order chi connectivity index (χ0) is 14.8. The van der Waals surface area contributed by atoms with Gasteiger partial charge in [-0.2, -0.15) is 0 Å². The van der Waals surface area contributed by atoms with E-state index in [1.807, 2.05) is 0 Å². The highest BCUT2D eigenvalue weighted by atomic mass is 32.2. The Hall–Kier alpha value is -1.30. The minimum absolute atomic E-state index is 0.0960. The minimum Gasteiger partial charge on any atom is -0.494 e. The van der Waals surface area contributed by atoms with Crippen molar-refractivity contribution in [3.63, 3.8) is 0 Å². The van der Waals surface area contributed by atoms with Crippen molar-refractivity contribution in [2.75, 3.05) is 18.7 Å². The molecule has 0 radical (unpaired) electrons. The molecule has 1 aromatic rings. The quantitative estimate of drug-likeness (QED) is 0.929. The van der Waals surface area contributed by atoms with E-state index in [0.717, 1.165) is 24.9 Å². The molecule has 1 aliphatic rings. The fourth-order valence-electron chi connectivity index (χ4n) is 2.65. The lowest BCUT2D eigenvalue weighted by Gasteiger charge is -2.29. The number of nitrogens with one attached hydrogen (secondary N) is 1. The highest BCUT2D eigenvalue weighted by Crippen LogP contribution is 2.28. The maximum absolute atomic E-state index is 13.3. The molecule has 1 N–H and O–H groups in total. The van der Waals surface area contributed by atoms with Gasteiger partial charge in [-0.25, -0.2) is 12.8 Å². The third kappa shape index (κ3) is 3.62. The molecule has 1 fully saturated rings. The summed E-state index contributed by atoms with van der Waals surface area (Å²) in [6.07, 6.45) is 4.42. The number of methoxy groups -OCH3 is 1. The average molecular weight is 301 g/mol. The van der Waals surface area contributed by atoms with Crippen molar-refractivity contribution in [2.45, 2.75) is 37.0 Å². The highest BCUT2D eigenvalue weighted by molar-refractivity contribution is 7.91. The fourth-order valence-corrected chi connectivity index (χ4v) is 3.83. The summed E-state index contributed by atoms with van der Waals surface area (Å²) in [5.74, 6) is -0.221. The molecule has 0 aliphatic heterocycles. The first-order chi connectivity index (χ1) is 9.40. The zero-order valence-corrected chi connectivity index (χ0v) is 12.5. The molecular weight excluding hydrogens is 281 g/mol. The Morgan fingerprint density at radius 3 is 2.75 bits per heavy atom. The third-order valence-electron chi connectivity index (χ3n) is 3.75. The van der Waals surface area contributed by atoms with Crippen molar-refractivity contribution >= 4 is 15.5 Å². The number of benzene rings is 1. The third-order valence-corrected chi connectivity index (χ3v) is 5.39. The molecule has 0 aromatic heterocycles. The van der Waals surface area contributed by atoms with E-state index in [0.29, 0.717) is 6.42 Å². The first-order valence-electron chi connectivity index (χ1n) is 6.69. The van der Waals surface area contributed by atoms with Gasteiger partial charge in [0.05, 0.1) is 12.4 Å². The number of halogens is 1. The monoisotopic (exact) mass is 301 g/mol. The van der Waals surface area contributed by atoms with Crippen LogP contribution in [-0.2, 0) is 9.84 Å². The molecular formula is C14H20FNO3S. The van der Waals surface area contributed by atoms with Gasteiger partial charge in [0.1, 0.15) is 9.84 Å². The van der Waals surface area contributed by atoms with E-state index in [1.165, 1.54) is 19.4 Å². The number of hydrogen-bond donors (Lipinski definition) is 1. The van der Waals surface area contributed by atoms with E-state index < -0.39 is 15.7 Å². The van der Waals surface area contributed by atoms with Crippen LogP contribution in [0.2, 0.25) is 0 Å². The summed E-state index contributed by atoms with van der Waals surface area (Å²) in [4.78, 5) is 0. The number of anilines is 1. The van der Waals surface area contributed by atoms with Gasteiger partial charge in [0.25, 0.3) is 0 Å². The Morgan fingerprint density at radius 1 is 1.35 bits per heavy atom. The van der Waals surface area contributed by atoms with Crippen LogP contribution < -0.4 is 10.1 Å². The van der Waals surface area contributed by atoms with E-state index in [2.05, 4.69) is 5.32 Å². The molecule has 2 rings (SSSR count). The summed E-state index contributed by atoms with van der Waals surface area (Å²) in [7, 11) is -1.58. The van der Waals surface area contributed by atoms with Gasteiger partial charge < -0.3 is 10.1 Å². The second-order valence-electron chi connectivity index (χ2n) is 5.31. The summed E-state index contributed by atoms with van der Waals surface area (Å²) >= 11 is 0. The maximum Gasteiger partial charge on any atom is 0.165 e. The molecule has 0 spiro atoms. The lowest BCUT2D eigenvalue weighted by Crippen LogP contribution is -2.34. The van der Waals surface area contributed by atoms with Crippen LogP contribution in [0.3, 0.4) is 0 Å². The SMILES string of the molecule is COc1cc(NC2CCCC(S(C)(=O)=O)C2)ccc1F. The lowest BCUT2D eigenvalue weighted by molar-refractivity contribution is 0.386. The van der Waals surface area contributed by atoms with E-state index in [-0.39, 0.29) is 17.0 Å². The molecule has 4 nitrogen and oxygen atoms in total. The van der Waals surface area contributed by atoms with Crippen molar-refractivity contribution in [2.24, 2.45) is 0 Å². The lowest BCUT2D eigenvalue weighted by atomic mass is 9.95. The van der Waals surface area contributed by atoms with Crippen LogP contribution in [-0.4, -0.2) is 33.1 Å². The number of rotatable bonds is 4. The molecule has 1 saturated carbocycles. The molecule has 1 aromatic carbocycles. The van der Waals surface area contributed by atoms with Gasteiger partial charge in [-0.05, 0) is 31.4 Å². The van der Waals surface area contributed by atoms with Gasteiger partial charge in [-0.15, -0.1) is 0 Å². The van der Waals surface area contributed by atoms with E-state index in [4.69, 9.17) is 4.74 Å². The van der Waals surface area contributed by atoms with Crippen molar-refractivity contribution in [1.82, 2.24) is 0 Å². The predicted octanol–water partition coefficient (Wildman–Crippen LogP) is 2.60. The minimum atomic E-state index is -3.00. The van der Waals surface area contributed by atoms with Crippen molar-refractivity contribution < 1.29 is 17.5 Å². The van der Waals surface area contributed by atoms with Gasteiger partial charge in [0.15, 0.2) is 11.6 Å². The molecule has 20 heavy (non-hydrogen) atoms. The predicted molar refractivity (Wildman–Crippen MR) is 77.5 cm³/mol. The number of ether oxygens (including phenoxy) is 1. The van der Waals surface area contributed by atoms with Gasteiger partial charge in [-0.1, -0.05) is 6.42 Å². The molecule has 6 heteroatoms. The molecule has 112 valence electrons. The van der Waals surface area contributed by atoms with E-state index >= 15 is 0 Å². The average Bonchev–Trinajstić information content (AvgIpc) is 2.40. The van der Waals surface area contributed by atoms with Crippen molar-refractivity contribution in [3.8, 4) is 5.75 Å². The van der Waals surface area contributed by atoms with Crippen LogP contribution in [0.5, 0.6) is 5.75 Å². The topological polar surface area (TPSA) is 55.4 Å². The molecule has 0 heterocycles. The normalized spacial score (nSPS) is 23.4. The van der Waals surface area contributed by atoms with Gasteiger partial charge in [-0.3, -0.25) is 0 Å². The highest BCUT2D eigenvalue weighted by Gasteiger charge is 2.28. The second kappa shape index (κ2) is 5.99. The van der Waals surface area contributed by atoms with Crippen LogP contribution in [0, 0.1) is 5.82 Å². The van der Waals surface area contributed by atoms with Crippen molar-refractivity contribution in [1.29, 1.82) is 0 Å². The molecule has 0 bridgehead atoms. The Morgan fingerprint density at radius 2 is 2.10 bits per heavy atom. The summed E-state index contributed by atoms with van der Waals surface area (Å²) in [5, 5.41) is 2.99. The van der Waals surface area contributed by atoms with E-state index in [9.17, 15) is 12.8 Å². The Bertz CT molecular complexity index is 574. The Labute approximate surface area is 119 Å². The number of hydrogen-bond acceptors (Lipinski definition) is 4. The Balaban J connectivity index is 2.06. The molecule has 1 aliphatic carbocycles. The molecule has 0 amide bonds. The summed E-state index contributed by atoms with van der Waals surface area (Å²) in [6.45, 7) is 0. The number of sulfone groups is 1. The summed E-state index contributed by atoms with van der Waals surface area (Å²) < 4.78 is 41.5. The second-order valence-corrected chi connectivity index (χ2v) is 7.63. The molecule has 2 unspecified atom stereocenters. The van der Waals surface area contributed by atoms with E-state index in [1.54, 1.807) is 12.1 Å². The van der Waals surface area contributed by atoms with Gasteiger partial charge in [0.2, 0.25) is 0 Å². The largest absolute Gasteiger partial charge is 0.494 e. The standard InChI is InChI=1S/C14H20FNO3S/c1-19-14-9-11(6-7-13(14)15)16-10-4-3-5-12(8-10)20(2,17)18/h6-7,9-10,12,16H,3-5,8H2,1-2H3. The summed E-state index contributed by atoms with van der Waals surface area (Å²) in [5.41, 5.74) is 0.752.